The monoisotopic (exact) mass is 350 g/mol. The highest BCUT2D eigenvalue weighted by atomic mass is 79.9. The largest absolute Gasteiger partial charge is 0.343 e. The van der Waals surface area contributed by atoms with Crippen LogP contribution in [-0.4, -0.2) is 29.8 Å². The zero-order chi connectivity index (χ0) is 15.2. The highest BCUT2D eigenvalue weighted by Crippen LogP contribution is 2.61. The fourth-order valence-corrected chi connectivity index (χ4v) is 3.81. The first-order valence-corrected chi connectivity index (χ1v) is 8.21. The Labute approximate surface area is 133 Å². The van der Waals surface area contributed by atoms with Crippen molar-refractivity contribution in [2.75, 3.05) is 18.4 Å². The summed E-state index contributed by atoms with van der Waals surface area (Å²) >= 11 is 3.47. The molecule has 0 saturated heterocycles. The van der Waals surface area contributed by atoms with E-state index in [0.29, 0.717) is 6.42 Å². The van der Waals surface area contributed by atoms with Crippen molar-refractivity contribution in [3.8, 4) is 0 Å². The van der Waals surface area contributed by atoms with Gasteiger partial charge in [-0.3, -0.25) is 9.59 Å². The smallest absolute Gasteiger partial charge is 0.235 e. The van der Waals surface area contributed by atoms with Crippen molar-refractivity contribution >= 4 is 33.4 Å². The first-order chi connectivity index (χ1) is 10.0. The molecule has 5 heteroatoms. The predicted molar refractivity (Wildman–Crippen MR) is 85.1 cm³/mol. The molecule has 0 bridgehead atoms. The van der Waals surface area contributed by atoms with Crippen molar-refractivity contribution in [3.05, 3.63) is 28.2 Å². The number of nitrogens with zero attached hydrogens (tertiary/aromatic N) is 1. The molecule has 2 atom stereocenters. The number of carbonyl (C=O) groups excluding carboxylic acids is 2. The number of hydrogen-bond acceptors (Lipinski definition) is 2. The first-order valence-electron chi connectivity index (χ1n) is 7.42. The van der Waals surface area contributed by atoms with Crippen molar-refractivity contribution < 1.29 is 9.59 Å². The molecule has 2 amide bonds. The van der Waals surface area contributed by atoms with E-state index in [-0.39, 0.29) is 17.7 Å². The average molecular weight is 351 g/mol. The Morgan fingerprint density at radius 2 is 2.14 bits per heavy atom. The summed E-state index contributed by atoms with van der Waals surface area (Å²) in [7, 11) is 0. The van der Waals surface area contributed by atoms with Crippen LogP contribution in [0.5, 0.6) is 0 Å². The molecular formula is C16H19BrN2O2. The number of anilines is 1. The van der Waals surface area contributed by atoms with Crippen LogP contribution in [0.2, 0.25) is 0 Å². The Morgan fingerprint density at radius 3 is 2.81 bits per heavy atom. The summed E-state index contributed by atoms with van der Waals surface area (Å²) < 4.78 is 0.970. The summed E-state index contributed by atoms with van der Waals surface area (Å²) in [5, 5.41) is 2.95. The van der Waals surface area contributed by atoms with E-state index in [1.54, 1.807) is 0 Å². The standard InChI is InChI=1S/C16H19BrN2O2/c1-3-19(4-2)14(20)7-10-9-16(10)12-8-11(17)5-6-13(12)18-15(16)21/h5-6,8,10H,3-4,7,9H2,1-2H3,(H,18,21). The zero-order valence-corrected chi connectivity index (χ0v) is 13.9. The second-order valence-electron chi connectivity index (χ2n) is 5.79. The van der Waals surface area contributed by atoms with Gasteiger partial charge in [0, 0.05) is 29.7 Å². The van der Waals surface area contributed by atoms with Crippen LogP contribution in [0.3, 0.4) is 0 Å². The molecule has 0 radical (unpaired) electrons. The molecule has 3 rings (SSSR count). The predicted octanol–water partition coefficient (Wildman–Crippen LogP) is 2.92. The van der Waals surface area contributed by atoms with Crippen LogP contribution in [0.1, 0.15) is 32.3 Å². The Balaban J connectivity index is 1.81. The number of hydrogen-bond donors (Lipinski definition) is 1. The molecular weight excluding hydrogens is 332 g/mol. The summed E-state index contributed by atoms with van der Waals surface area (Å²) in [6.45, 7) is 5.42. The van der Waals surface area contributed by atoms with Gasteiger partial charge in [0.2, 0.25) is 11.8 Å². The molecule has 1 fully saturated rings. The van der Waals surface area contributed by atoms with Gasteiger partial charge in [0.1, 0.15) is 0 Å². The minimum atomic E-state index is -0.470. The van der Waals surface area contributed by atoms with E-state index in [2.05, 4.69) is 21.2 Å². The van der Waals surface area contributed by atoms with Gasteiger partial charge in [-0.25, -0.2) is 0 Å². The van der Waals surface area contributed by atoms with Gasteiger partial charge in [0.05, 0.1) is 5.41 Å². The highest BCUT2D eigenvalue weighted by Gasteiger charge is 2.64. The molecule has 2 unspecified atom stereocenters. The van der Waals surface area contributed by atoms with Gasteiger partial charge in [-0.05, 0) is 49.9 Å². The van der Waals surface area contributed by atoms with E-state index in [4.69, 9.17) is 0 Å². The van der Waals surface area contributed by atoms with Gasteiger partial charge in [-0.15, -0.1) is 0 Å². The van der Waals surface area contributed by atoms with Crippen LogP contribution in [0.15, 0.2) is 22.7 Å². The molecule has 112 valence electrons. The summed E-state index contributed by atoms with van der Waals surface area (Å²) in [5.74, 6) is 0.326. The zero-order valence-electron chi connectivity index (χ0n) is 12.3. The summed E-state index contributed by atoms with van der Waals surface area (Å²) in [4.78, 5) is 26.5. The lowest BCUT2D eigenvalue weighted by Gasteiger charge is -2.19. The molecule has 1 aromatic carbocycles. The van der Waals surface area contributed by atoms with Gasteiger partial charge in [0.25, 0.3) is 0 Å². The van der Waals surface area contributed by atoms with E-state index in [0.717, 1.165) is 35.2 Å². The van der Waals surface area contributed by atoms with Gasteiger partial charge in [-0.1, -0.05) is 15.9 Å². The molecule has 4 nitrogen and oxygen atoms in total. The maximum Gasteiger partial charge on any atom is 0.235 e. The lowest BCUT2D eigenvalue weighted by atomic mass is 9.93. The topological polar surface area (TPSA) is 49.4 Å². The van der Waals surface area contributed by atoms with Crippen LogP contribution < -0.4 is 5.32 Å². The summed E-state index contributed by atoms with van der Waals surface area (Å²) in [6, 6.07) is 5.86. The number of rotatable bonds is 4. The Bertz CT molecular complexity index is 612. The van der Waals surface area contributed by atoms with Gasteiger partial charge in [0.15, 0.2) is 0 Å². The Kier molecular flexibility index (Phi) is 3.56. The molecule has 21 heavy (non-hydrogen) atoms. The van der Waals surface area contributed by atoms with Gasteiger partial charge in [-0.2, -0.15) is 0 Å². The highest BCUT2D eigenvalue weighted by molar-refractivity contribution is 9.10. The van der Waals surface area contributed by atoms with Crippen molar-refractivity contribution in [1.82, 2.24) is 4.90 Å². The van der Waals surface area contributed by atoms with E-state index >= 15 is 0 Å². The van der Waals surface area contributed by atoms with E-state index in [1.165, 1.54) is 0 Å². The second kappa shape index (κ2) is 5.13. The summed E-state index contributed by atoms with van der Waals surface area (Å²) in [5.41, 5.74) is 1.46. The quantitative estimate of drug-likeness (QED) is 0.907. The number of benzene rings is 1. The SMILES string of the molecule is CCN(CC)C(=O)CC1CC12C(=O)Nc1ccc(Br)cc12. The fraction of sp³-hybridized carbons (Fsp3) is 0.500. The second-order valence-corrected chi connectivity index (χ2v) is 6.70. The number of halogens is 1. The third-order valence-corrected chi connectivity index (χ3v) is 5.25. The summed E-state index contributed by atoms with van der Waals surface area (Å²) in [6.07, 6.45) is 1.23. The maximum absolute atomic E-state index is 12.4. The number of fused-ring (bicyclic) bond motifs is 2. The van der Waals surface area contributed by atoms with E-state index < -0.39 is 5.41 Å². The Hall–Kier alpha value is -1.36. The lowest BCUT2D eigenvalue weighted by Crippen LogP contribution is -2.32. The molecule has 1 aromatic rings. The van der Waals surface area contributed by atoms with Crippen molar-refractivity contribution in [1.29, 1.82) is 0 Å². The average Bonchev–Trinajstić information content (AvgIpc) is 3.10. The number of carbonyl (C=O) groups is 2. The molecule has 1 aliphatic heterocycles. The molecule has 2 aliphatic rings. The molecule has 1 aliphatic carbocycles. The van der Waals surface area contributed by atoms with Crippen LogP contribution >= 0.6 is 15.9 Å². The Morgan fingerprint density at radius 1 is 1.43 bits per heavy atom. The van der Waals surface area contributed by atoms with Gasteiger partial charge < -0.3 is 10.2 Å². The lowest BCUT2D eigenvalue weighted by molar-refractivity contribution is -0.131. The molecule has 1 heterocycles. The van der Waals surface area contributed by atoms with Crippen molar-refractivity contribution in [3.63, 3.8) is 0 Å². The first kappa shape index (κ1) is 14.6. The third kappa shape index (κ3) is 2.18. The number of amides is 2. The van der Waals surface area contributed by atoms with E-state index in [9.17, 15) is 9.59 Å². The minimum Gasteiger partial charge on any atom is -0.343 e. The molecule has 1 saturated carbocycles. The van der Waals surface area contributed by atoms with Crippen LogP contribution in [-0.2, 0) is 15.0 Å². The van der Waals surface area contributed by atoms with Gasteiger partial charge >= 0.3 is 0 Å². The van der Waals surface area contributed by atoms with Crippen LogP contribution in [0.25, 0.3) is 0 Å². The third-order valence-electron chi connectivity index (χ3n) is 4.76. The maximum atomic E-state index is 12.4. The molecule has 1 N–H and O–H groups in total. The molecule has 1 spiro atoms. The number of nitrogens with one attached hydrogen (secondary N) is 1. The van der Waals surface area contributed by atoms with Crippen molar-refractivity contribution in [2.24, 2.45) is 5.92 Å². The van der Waals surface area contributed by atoms with Crippen LogP contribution in [0, 0.1) is 5.92 Å². The molecule has 0 aromatic heterocycles. The van der Waals surface area contributed by atoms with E-state index in [1.807, 2.05) is 36.9 Å². The fourth-order valence-electron chi connectivity index (χ4n) is 3.45. The van der Waals surface area contributed by atoms with Crippen molar-refractivity contribution in [2.45, 2.75) is 32.1 Å². The normalized spacial score (nSPS) is 25.7. The van der Waals surface area contributed by atoms with Crippen LogP contribution in [0.4, 0.5) is 5.69 Å². The minimum absolute atomic E-state index is 0.0490.